The van der Waals surface area contributed by atoms with Crippen LogP contribution >= 0.6 is 0 Å². The van der Waals surface area contributed by atoms with Crippen LogP contribution < -0.4 is 15.2 Å². The van der Waals surface area contributed by atoms with Crippen LogP contribution in [0, 0.1) is 0 Å². The number of unbranched alkanes of at least 4 members (excludes halogenated alkanes) is 2. The molecular formula is C25H29N3O4. The van der Waals surface area contributed by atoms with Crippen molar-refractivity contribution in [1.29, 1.82) is 0 Å². The predicted octanol–water partition coefficient (Wildman–Crippen LogP) is 4.44. The largest absolute Gasteiger partial charge is 0.493 e. The number of hydrogen-bond acceptors (Lipinski definition) is 6. The molecule has 0 saturated carbocycles. The summed E-state index contributed by atoms with van der Waals surface area (Å²) in [6.45, 7) is 1.32. The van der Waals surface area contributed by atoms with Gasteiger partial charge in [-0.1, -0.05) is 12.1 Å². The molecule has 7 heteroatoms. The van der Waals surface area contributed by atoms with E-state index in [1.165, 1.54) is 0 Å². The van der Waals surface area contributed by atoms with Crippen LogP contribution in [0.4, 0.5) is 11.4 Å². The molecule has 2 aromatic rings. The number of methoxy groups -OCH3 is 2. The third-order valence-corrected chi connectivity index (χ3v) is 5.75. The summed E-state index contributed by atoms with van der Waals surface area (Å²) in [5.74, 6) is 1.03. The summed E-state index contributed by atoms with van der Waals surface area (Å²) in [5.41, 5.74) is 9.76. The van der Waals surface area contributed by atoms with Crippen molar-refractivity contribution in [2.45, 2.75) is 31.7 Å². The summed E-state index contributed by atoms with van der Waals surface area (Å²) < 4.78 is 16.5. The van der Waals surface area contributed by atoms with Crippen LogP contribution in [0.15, 0.2) is 47.6 Å². The lowest BCUT2D eigenvalue weighted by Gasteiger charge is -2.19. The van der Waals surface area contributed by atoms with E-state index in [2.05, 4.69) is 4.99 Å². The van der Waals surface area contributed by atoms with Crippen molar-refractivity contribution in [2.24, 2.45) is 4.99 Å². The van der Waals surface area contributed by atoms with E-state index in [-0.39, 0.29) is 11.9 Å². The average molecular weight is 436 g/mol. The molecule has 168 valence electrons. The lowest BCUT2D eigenvalue weighted by molar-refractivity contribution is 0.0817. The lowest BCUT2D eigenvalue weighted by Crippen LogP contribution is -2.32. The Hall–Kier alpha value is -3.32. The van der Waals surface area contributed by atoms with Crippen molar-refractivity contribution >= 4 is 29.1 Å². The highest BCUT2D eigenvalue weighted by molar-refractivity contribution is 6.05. The maximum Gasteiger partial charge on any atom is 0.260 e. The van der Waals surface area contributed by atoms with Gasteiger partial charge in [0, 0.05) is 44.3 Å². The van der Waals surface area contributed by atoms with Gasteiger partial charge in [-0.2, -0.15) is 0 Å². The molecule has 0 unspecified atom stereocenters. The number of nitrogens with zero attached hydrogens (tertiary/aromatic N) is 2. The molecule has 32 heavy (non-hydrogen) atoms. The highest BCUT2D eigenvalue weighted by Crippen LogP contribution is 2.39. The number of benzene rings is 2. The quantitative estimate of drug-likeness (QED) is 0.465. The van der Waals surface area contributed by atoms with Gasteiger partial charge in [0.2, 0.25) is 0 Å². The maximum absolute atomic E-state index is 13.4. The number of ether oxygens (including phenoxy) is 3. The number of rotatable bonds is 9. The third-order valence-electron chi connectivity index (χ3n) is 5.75. The number of anilines is 1. The Kier molecular flexibility index (Phi) is 6.75. The van der Waals surface area contributed by atoms with Crippen molar-refractivity contribution < 1.29 is 19.0 Å². The molecule has 2 aromatic carbocycles. The Labute approximate surface area is 188 Å². The minimum Gasteiger partial charge on any atom is -0.493 e. The Morgan fingerprint density at radius 1 is 1.06 bits per heavy atom. The molecule has 0 radical (unpaired) electrons. The first-order valence-corrected chi connectivity index (χ1v) is 10.9. The zero-order valence-corrected chi connectivity index (χ0v) is 18.5. The predicted molar refractivity (Wildman–Crippen MR) is 126 cm³/mol. The van der Waals surface area contributed by atoms with Crippen LogP contribution in [-0.2, 0) is 4.74 Å². The molecule has 0 fully saturated rings. The lowest BCUT2D eigenvalue weighted by atomic mass is 10.0. The van der Waals surface area contributed by atoms with E-state index < -0.39 is 0 Å². The number of carbonyl (C=O) groups excluding carboxylic acids is 1. The van der Waals surface area contributed by atoms with Gasteiger partial charge < -0.3 is 24.8 Å². The Morgan fingerprint density at radius 3 is 2.59 bits per heavy atom. The molecule has 2 aliphatic rings. The molecule has 0 aliphatic carbocycles. The van der Waals surface area contributed by atoms with Gasteiger partial charge in [0.1, 0.15) is 0 Å². The van der Waals surface area contributed by atoms with Crippen LogP contribution in [-0.4, -0.2) is 50.5 Å². The summed E-state index contributed by atoms with van der Waals surface area (Å²) in [5, 5.41) is 0. The van der Waals surface area contributed by atoms with Crippen LogP contribution in [0.3, 0.4) is 0 Å². The van der Waals surface area contributed by atoms with Crippen LogP contribution in [0.2, 0.25) is 0 Å². The fourth-order valence-electron chi connectivity index (χ4n) is 3.98. The number of amides is 1. The van der Waals surface area contributed by atoms with E-state index in [1.54, 1.807) is 31.3 Å². The Morgan fingerprint density at radius 2 is 1.84 bits per heavy atom. The highest BCUT2D eigenvalue weighted by atomic mass is 16.5. The van der Waals surface area contributed by atoms with Gasteiger partial charge >= 0.3 is 0 Å². The van der Waals surface area contributed by atoms with Gasteiger partial charge in [-0.05, 0) is 48.6 Å². The average Bonchev–Trinajstić information content (AvgIpc) is 3.19. The topological polar surface area (TPSA) is 86.4 Å². The smallest absolute Gasteiger partial charge is 0.260 e. The van der Waals surface area contributed by atoms with E-state index in [1.807, 2.05) is 36.7 Å². The van der Waals surface area contributed by atoms with Crippen LogP contribution in [0.5, 0.6) is 11.5 Å². The fraction of sp³-hybridized carbons (Fsp3) is 0.360. The Balaban J connectivity index is 1.53. The second-order valence-electron chi connectivity index (χ2n) is 7.96. The molecule has 2 aliphatic heterocycles. The van der Waals surface area contributed by atoms with Crippen molar-refractivity contribution in [3.8, 4) is 11.5 Å². The van der Waals surface area contributed by atoms with Crippen LogP contribution in [0.1, 0.15) is 41.6 Å². The first-order valence-electron chi connectivity index (χ1n) is 10.9. The minimum absolute atomic E-state index is 0.0997. The van der Waals surface area contributed by atoms with Crippen molar-refractivity contribution in [1.82, 2.24) is 4.90 Å². The summed E-state index contributed by atoms with van der Waals surface area (Å²) in [6, 6.07) is 11.1. The molecule has 7 nitrogen and oxygen atoms in total. The van der Waals surface area contributed by atoms with E-state index in [0.29, 0.717) is 41.5 Å². The standard InChI is InChI=1S/C25H29N3O4/c1-30-10-4-3-5-11-32-24-14-22-21(13-23(24)31-2)25(29)28-16-18(12-20(28)15-27-22)17-6-8-19(26)9-7-17/h6-9,13-16,20H,3-5,10-12,26H2,1-2H3/t20-/m0/s1. The van der Waals surface area contributed by atoms with E-state index in [9.17, 15) is 4.79 Å². The van der Waals surface area contributed by atoms with Crippen LogP contribution in [0.25, 0.3) is 5.57 Å². The molecule has 4 rings (SSSR count). The minimum atomic E-state index is -0.126. The van der Waals surface area contributed by atoms with Gasteiger partial charge in [-0.25, -0.2) is 0 Å². The summed E-state index contributed by atoms with van der Waals surface area (Å²) in [4.78, 5) is 19.7. The number of carbonyl (C=O) groups is 1. The third kappa shape index (κ3) is 4.62. The normalized spacial score (nSPS) is 16.9. The first-order chi connectivity index (χ1) is 15.6. The van der Waals surface area contributed by atoms with Gasteiger partial charge in [0.05, 0.1) is 31.0 Å². The first kappa shape index (κ1) is 21.9. The number of aliphatic imine (C=N–C) groups is 1. The Bertz CT molecular complexity index is 1030. The van der Waals surface area contributed by atoms with Gasteiger partial charge in [0.25, 0.3) is 5.91 Å². The van der Waals surface area contributed by atoms with Gasteiger partial charge in [-0.15, -0.1) is 0 Å². The molecule has 0 spiro atoms. The highest BCUT2D eigenvalue weighted by Gasteiger charge is 2.33. The number of nitrogens with two attached hydrogens (primary N) is 1. The summed E-state index contributed by atoms with van der Waals surface area (Å²) in [7, 11) is 3.29. The van der Waals surface area contributed by atoms with Crippen molar-refractivity contribution in [2.75, 3.05) is 33.2 Å². The van der Waals surface area contributed by atoms with E-state index in [4.69, 9.17) is 19.9 Å². The summed E-state index contributed by atoms with van der Waals surface area (Å²) in [6.07, 6.45) is 7.40. The zero-order valence-electron chi connectivity index (χ0n) is 18.5. The molecule has 0 bridgehead atoms. The molecule has 1 atom stereocenters. The van der Waals surface area contributed by atoms with Gasteiger partial charge in [0.15, 0.2) is 11.5 Å². The number of hydrogen-bond donors (Lipinski definition) is 1. The van der Waals surface area contributed by atoms with Crippen molar-refractivity contribution in [3.05, 3.63) is 53.7 Å². The molecule has 2 N–H and O–H groups in total. The molecular weight excluding hydrogens is 406 g/mol. The number of fused-ring (bicyclic) bond motifs is 2. The van der Waals surface area contributed by atoms with E-state index >= 15 is 0 Å². The second-order valence-corrected chi connectivity index (χ2v) is 7.96. The molecule has 0 saturated heterocycles. The molecule has 0 aromatic heterocycles. The fourth-order valence-corrected chi connectivity index (χ4v) is 3.98. The maximum atomic E-state index is 13.4. The molecule has 1 amide bonds. The summed E-state index contributed by atoms with van der Waals surface area (Å²) >= 11 is 0. The van der Waals surface area contributed by atoms with Gasteiger partial charge in [-0.3, -0.25) is 9.79 Å². The monoisotopic (exact) mass is 435 g/mol. The number of nitrogen functional groups attached to an aromatic ring is 1. The zero-order chi connectivity index (χ0) is 22.5. The molecule has 2 heterocycles. The second kappa shape index (κ2) is 9.87. The van der Waals surface area contributed by atoms with Crippen molar-refractivity contribution in [3.63, 3.8) is 0 Å². The van der Waals surface area contributed by atoms with E-state index in [0.717, 1.165) is 37.0 Å². The SMILES string of the molecule is COCCCCCOc1cc2c(cc1OC)C(=O)N1C=C(c3ccc(N)cc3)C[C@H]1C=N2.